The number of allylic oxidation sites excluding steroid dienone is 2. The number of halogens is 1. The van der Waals surface area contributed by atoms with E-state index < -0.39 is 0 Å². The van der Waals surface area contributed by atoms with Gasteiger partial charge in [-0.25, -0.2) is 0 Å². The molecule has 1 aliphatic rings. The van der Waals surface area contributed by atoms with Crippen molar-refractivity contribution in [3.63, 3.8) is 0 Å². The Labute approximate surface area is 92.4 Å². The first-order valence-corrected chi connectivity index (χ1v) is 6.01. The maximum Gasteiger partial charge on any atom is 0.191 e. The summed E-state index contributed by atoms with van der Waals surface area (Å²) in [5.41, 5.74) is 1.61. The van der Waals surface area contributed by atoms with Crippen LogP contribution in [0.2, 0.25) is 4.34 Å². The minimum absolute atomic E-state index is 0.121. The number of hydrogen-bond donors (Lipinski definition) is 0. The number of Topliss-reactive ketones (excluding diaryl/α,β-unsaturated/α-hetero) is 1. The molecule has 2 rings (SSSR count). The highest BCUT2D eigenvalue weighted by Crippen LogP contribution is 2.28. The second-order valence-electron chi connectivity index (χ2n) is 3.41. The number of rotatable bonds is 2. The molecule has 3 heteroatoms. The highest BCUT2D eigenvalue weighted by Gasteiger charge is 2.17. The molecule has 0 N–H and O–H groups in total. The van der Waals surface area contributed by atoms with Gasteiger partial charge in [-0.05, 0) is 42.7 Å². The second-order valence-corrected chi connectivity index (χ2v) is 4.93. The molecule has 0 aromatic carbocycles. The molecule has 0 radical (unpaired) electrons. The predicted molar refractivity (Wildman–Crippen MR) is 60.2 cm³/mol. The molecule has 0 atom stereocenters. The van der Waals surface area contributed by atoms with Crippen molar-refractivity contribution < 1.29 is 4.79 Å². The minimum Gasteiger partial charge on any atom is -0.289 e. The van der Waals surface area contributed by atoms with Crippen molar-refractivity contribution >= 4 is 28.7 Å². The lowest BCUT2D eigenvalue weighted by atomic mass is 9.94. The van der Waals surface area contributed by atoms with E-state index in [9.17, 15) is 4.79 Å². The van der Waals surface area contributed by atoms with E-state index in [1.807, 2.05) is 11.4 Å². The van der Waals surface area contributed by atoms with Crippen LogP contribution in [-0.2, 0) is 0 Å². The van der Waals surface area contributed by atoms with E-state index >= 15 is 0 Å². The number of carbonyl (C=O) groups excluding carboxylic acids is 1. The first kappa shape index (κ1) is 9.94. The number of carbonyl (C=O) groups is 1. The Balaban J connectivity index is 2.23. The maximum absolute atomic E-state index is 11.9. The largest absolute Gasteiger partial charge is 0.289 e. The Morgan fingerprint density at radius 1 is 1.43 bits per heavy atom. The molecule has 74 valence electrons. The highest BCUT2D eigenvalue weighted by atomic mass is 35.5. The fourth-order valence-corrected chi connectivity index (χ4v) is 2.59. The highest BCUT2D eigenvalue weighted by molar-refractivity contribution is 7.14. The molecule has 1 nitrogen and oxygen atoms in total. The van der Waals surface area contributed by atoms with Crippen LogP contribution in [0.15, 0.2) is 23.1 Å². The first-order valence-electron chi connectivity index (χ1n) is 4.76. The van der Waals surface area contributed by atoms with Crippen molar-refractivity contribution in [3.05, 3.63) is 33.0 Å². The van der Waals surface area contributed by atoms with Crippen LogP contribution >= 0.6 is 22.9 Å². The van der Waals surface area contributed by atoms with Gasteiger partial charge in [0.2, 0.25) is 0 Å². The average molecular weight is 227 g/mol. The first-order chi connectivity index (χ1) is 6.79. The zero-order valence-corrected chi connectivity index (χ0v) is 9.33. The van der Waals surface area contributed by atoms with E-state index in [1.165, 1.54) is 17.8 Å². The third-order valence-corrected chi connectivity index (χ3v) is 3.62. The fraction of sp³-hybridized carbons (Fsp3) is 0.364. The Morgan fingerprint density at radius 2 is 2.29 bits per heavy atom. The summed E-state index contributed by atoms with van der Waals surface area (Å²) in [5.74, 6) is 0.121. The molecule has 1 aromatic heterocycles. The third kappa shape index (κ3) is 1.91. The van der Waals surface area contributed by atoms with Crippen LogP contribution in [-0.4, -0.2) is 5.78 Å². The molecule has 0 spiro atoms. The van der Waals surface area contributed by atoms with E-state index in [4.69, 9.17) is 11.6 Å². The average Bonchev–Trinajstić information content (AvgIpc) is 2.65. The predicted octanol–water partition coefficient (Wildman–Crippen LogP) is 4.08. The maximum atomic E-state index is 11.9. The Morgan fingerprint density at radius 3 is 2.86 bits per heavy atom. The van der Waals surface area contributed by atoms with Gasteiger partial charge >= 0.3 is 0 Å². The lowest BCUT2D eigenvalue weighted by Crippen LogP contribution is -2.05. The molecule has 0 unspecified atom stereocenters. The third-order valence-electron chi connectivity index (χ3n) is 2.45. The van der Waals surface area contributed by atoms with Gasteiger partial charge < -0.3 is 0 Å². The van der Waals surface area contributed by atoms with Gasteiger partial charge in [0.15, 0.2) is 5.78 Å². The van der Waals surface area contributed by atoms with E-state index in [1.54, 1.807) is 0 Å². The van der Waals surface area contributed by atoms with Gasteiger partial charge in [-0.3, -0.25) is 4.79 Å². The molecule has 0 saturated heterocycles. The Hall–Kier alpha value is -0.600. The van der Waals surface area contributed by atoms with Crippen LogP contribution in [0, 0.1) is 0 Å². The SMILES string of the molecule is O=C(C1=CCCCC1)c1ccsc1Cl. The molecule has 0 fully saturated rings. The molecule has 0 amide bonds. The van der Waals surface area contributed by atoms with Crippen LogP contribution in [0.4, 0.5) is 0 Å². The quantitative estimate of drug-likeness (QED) is 0.695. The molecule has 14 heavy (non-hydrogen) atoms. The fourth-order valence-electron chi connectivity index (χ4n) is 1.67. The summed E-state index contributed by atoms with van der Waals surface area (Å²) in [7, 11) is 0. The van der Waals surface area contributed by atoms with Gasteiger partial charge in [0.1, 0.15) is 4.34 Å². The standard InChI is InChI=1S/C11H11ClOS/c12-11-9(6-7-14-11)10(13)8-4-2-1-3-5-8/h4,6-7H,1-3,5H2. The summed E-state index contributed by atoms with van der Waals surface area (Å²) in [6.45, 7) is 0. The Bertz CT molecular complexity index is 378. The van der Waals surface area contributed by atoms with E-state index in [2.05, 4.69) is 6.08 Å². The summed E-state index contributed by atoms with van der Waals surface area (Å²) in [5, 5.41) is 1.86. The molecule has 0 saturated carbocycles. The smallest absolute Gasteiger partial charge is 0.191 e. The normalized spacial score (nSPS) is 16.5. The van der Waals surface area contributed by atoms with Crippen molar-refractivity contribution in [2.24, 2.45) is 0 Å². The van der Waals surface area contributed by atoms with Gasteiger partial charge in [0, 0.05) is 0 Å². The molecule has 1 heterocycles. The van der Waals surface area contributed by atoms with Gasteiger partial charge in [-0.1, -0.05) is 17.7 Å². The summed E-state index contributed by atoms with van der Waals surface area (Å²) >= 11 is 7.34. The van der Waals surface area contributed by atoms with Crippen LogP contribution in [0.25, 0.3) is 0 Å². The van der Waals surface area contributed by atoms with Crippen molar-refractivity contribution in [3.8, 4) is 0 Å². The van der Waals surface area contributed by atoms with E-state index in [0.717, 1.165) is 24.8 Å². The van der Waals surface area contributed by atoms with E-state index in [-0.39, 0.29) is 5.78 Å². The number of hydrogen-bond acceptors (Lipinski definition) is 2. The molecular formula is C11H11ClOS. The Kier molecular flexibility index (Phi) is 3.04. The van der Waals surface area contributed by atoms with Crippen molar-refractivity contribution in [2.75, 3.05) is 0 Å². The summed E-state index contributed by atoms with van der Waals surface area (Å²) in [4.78, 5) is 11.9. The van der Waals surface area contributed by atoms with Gasteiger partial charge in [-0.2, -0.15) is 0 Å². The van der Waals surface area contributed by atoms with Crippen molar-refractivity contribution in [2.45, 2.75) is 25.7 Å². The number of ketones is 1. The summed E-state index contributed by atoms with van der Waals surface area (Å²) < 4.78 is 0.612. The van der Waals surface area contributed by atoms with Crippen LogP contribution in [0.3, 0.4) is 0 Å². The lowest BCUT2D eigenvalue weighted by Gasteiger charge is -2.10. The van der Waals surface area contributed by atoms with Gasteiger partial charge in [0.05, 0.1) is 5.56 Å². The molecule has 0 bridgehead atoms. The lowest BCUT2D eigenvalue weighted by molar-refractivity contribution is 0.102. The van der Waals surface area contributed by atoms with Crippen LogP contribution in [0.1, 0.15) is 36.0 Å². The zero-order valence-electron chi connectivity index (χ0n) is 7.75. The van der Waals surface area contributed by atoms with Gasteiger partial charge in [0.25, 0.3) is 0 Å². The summed E-state index contributed by atoms with van der Waals surface area (Å²) in [6, 6.07) is 1.81. The monoisotopic (exact) mass is 226 g/mol. The van der Waals surface area contributed by atoms with Crippen molar-refractivity contribution in [1.82, 2.24) is 0 Å². The van der Waals surface area contributed by atoms with Crippen molar-refractivity contribution in [1.29, 1.82) is 0 Å². The number of thiophene rings is 1. The molecule has 1 aliphatic carbocycles. The zero-order chi connectivity index (χ0) is 9.97. The summed E-state index contributed by atoms with van der Waals surface area (Å²) in [6.07, 6.45) is 6.32. The molecule has 1 aromatic rings. The van der Waals surface area contributed by atoms with Crippen LogP contribution < -0.4 is 0 Å². The topological polar surface area (TPSA) is 17.1 Å². The van der Waals surface area contributed by atoms with Gasteiger partial charge in [-0.15, -0.1) is 11.3 Å². The molecular weight excluding hydrogens is 216 g/mol. The minimum atomic E-state index is 0.121. The van der Waals surface area contributed by atoms with E-state index in [0.29, 0.717) is 9.90 Å². The second kappa shape index (κ2) is 4.28. The van der Waals surface area contributed by atoms with Crippen LogP contribution in [0.5, 0.6) is 0 Å². The molecule has 0 aliphatic heterocycles.